The van der Waals surface area contributed by atoms with E-state index in [0.29, 0.717) is 13.0 Å². The van der Waals surface area contributed by atoms with Gasteiger partial charge in [-0.15, -0.1) is 6.58 Å². The van der Waals surface area contributed by atoms with Crippen LogP contribution in [0.4, 0.5) is 0 Å². The first-order chi connectivity index (χ1) is 11.7. The zero-order chi connectivity index (χ0) is 17.0. The first-order valence-electron chi connectivity index (χ1n) is 8.74. The van der Waals surface area contributed by atoms with Gasteiger partial charge in [0.1, 0.15) is 0 Å². The number of allylic oxidation sites excluding steroid dienone is 1. The summed E-state index contributed by atoms with van der Waals surface area (Å²) in [6, 6.07) is 19.2. The Kier molecular flexibility index (Phi) is 4.84. The fraction of sp³-hybridized carbons (Fsp3) is 0.318. The number of hydrogen-bond donors (Lipinski definition) is 1. The lowest BCUT2D eigenvalue weighted by atomic mass is 9.65. The number of carbonyl (C=O) groups is 1. The van der Waals surface area contributed by atoms with Gasteiger partial charge in [0.2, 0.25) is 5.91 Å². The van der Waals surface area contributed by atoms with Gasteiger partial charge in [-0.25, -0.2) is 0 Å². The topological polar surface area (TPSA) is 29.1 Å². The van der Waals surface area contributed by atoms with Gasteiger partial charge in [-0.05, 0) is 29.5 Å². The van der Waals surface area contributed by atoms with Crippen molar-refractivity contribution in [3.05, 3.63) is 83.9 Å². The van der Waals surface area contributed by atoms with Gasteiger partial charge in [-0.1, -0.05) is 67.6 Å². The van der Waals surface area contributed by atoms with E-state index in [4.69, 9.17) is 0 Å². The Balaban J connectivity index is 2.11. The van der Waals surface area contributed by atoms with Crippen LogP contribution >= 0.6 is 0 Å². The number of carbonyl (C=O) groups excluding carboxylic acids is 1. The maximum Gasteiger partial charge on any atom is 0.220 e. The molecule has 1 amide bonds. The van der Waals surface area contributed by atoms with Gasteiger partial charge < -0.3 is 5.32 Å². The highest BCUT2D eigenvalue weighted by molar-refractivity contribution is 5.78. The summed E-state index contributed by atoms with van der Waals surface area (Å²) in [5.41, 5.74) is 3.55. The summed E-state index contributed by atoms with van der Waals surface area (Å²) in [4.78, 5) is 12.3. The van der Waals surface area contributed by atoms with E-state index in [9.17, 15) is 4.79 Å². The smallest absolute Gasteiger partial charge is 0.220 e. The number of aryl methyl sites for hydroxylation is 1. The lowest BCUT2D eigenvalue weighted by Crippen LogP contribution is -2.32. The molecule has 0 aromatic heterocycles. The zero-order valence-electron chi connectivity index (χ0n) is 14.3. The highest BCUT2D eigenvalue weighted by Gasteiger charge is 2.41. The SMILES string of the molecule is C=C[C@]1(c2ccc(CC)cc2)CCNC(=O)C[C@H]1c1ccccc1. The maximum atomic E-state index is 12.3. The Morgan fingerprint density at radius 3 is 2.50 bits per heavy atom. The molecule has 2 nitrogen and oxygen atoms in total. The average molecular weight is 319 g/mol. The first-order valence-corrected chi connectivity index (χ1v) is 8.74. The molecule has 0 spiro atoms. The van der Waals surface area contributed by atoms with Gasteiger partial charge in [0, 0.05) is 24.3 Å². The molecule has 1 aliphatic heterocycles. The standard InChI is InChI=1S/C22H25NO/c1-3-17-10-12-19(13-11-17)22(4-2)14-15-23-21(24)16-20(22)18-8-6-5-7-9-18/h4-13,20H,2-3,14-16H2,1H3,(H,23,24)/t20-,22+/m0/s1. The van der Waals surface area contributed by atoms with Gasteiger partial charge in [0.15, 0.2) is 0 Å². The summed E-state index contributed by atoms with van der Waals surface area (Å²) in [5, 5.41) is 3.04. The van der Waals surface area contributed by atoms with E-state index in [-0.39, 0.29) is 17.2 Å². The van der Waals surface area contributed by atoms with E-state index in [2.05, 4.69) is 61.3 Å². The monoisotopic (exact) mass is 319 g/mol. The fourth-order valence-electron chi connectivity index (χ4n) is 3.88. The van der Waals surface area contributed by atoms with Crippen LogP contribution in [0.3, 0.4) is 0 Å². The summed E-state index contributed by atoms with van der Waals surface area (Å²) in [6.07, 6.45) is 4.45. The van der Waals surface area contributed by atoms with E-state index in [1.165, 1.54) is 16.7 Å². The summed E-state index contributed by atoms with van der Waals surface area (Å²) in [6.45, 7) is 7.03. The number of nitrogens with one attached hydrogen (secondary N) is 1. The number of benzene rings is 2. The van der Waals surface area contributed by atoms with Gasteiger partial charge in [-0.3, -0.25) is 4.79 Å². The highest BCUT2D eigenvalue weighted by Crippen LogP contribution is 2.46. The molecule has 1 N–H and O–H groups in total. The van der Waals surface area contributed by atoms with Crippen LogP contribution in [0.5, 0.6) is 0 Å². The predicted molar refractivity (Wildman–Crippen MR) is 99.1 cm³/mol. The molecule has 1 aliphatic rings. The molecule has 3 rings (SSSR count). The third-order valence-electron chi connectivity index (χ3n) is 5.34. The van der Waals surface area contributed by atoms with Gasteiger partial charge in [0.05, 0.1) is 0 Å². The molecule has 1 heterocycles. The van der Waals surface area contributed by atoms with Crippen LogP contribution < -0.4 is 5.32 Å². The number of rotatable bonds is 4. The zero-order valence-corrected chi connectivity index (χ0v) is 14.3. The van der Waals surface area contributed by atoms with Crippen molar-refractivity contribution >= 4 is 5.91 Å². The van der Waals surface area contributed by atoms with Crippen molar-refractivity contribution < 1.29 is 4.79 Å². The Hall–Kier alpha value is -2.35. The molecule has 0 bridgehead atoms. The molecule has 0 unspecified atom stereocenters. The van der Waals surface area contributed by atoms with Crippen molar-refractivity contribution in [2.45, 2.75) is 37.5 Å². The second kappa shape index (κ2) is 7.04. The Labute approximate surface area is 144 Å². The minimum atomic E-state index is -0.229. The molecule has 0 aliphatic carbocycles. The molecule has 124 valence electrons. The maximum absolute atomic E-state index is 12.3. The Morgan fingerprint density at radius 2 is 1.88 bits per heavy atom. The quantitative estimate of drug-likeness (QED) is 0.833. The molecule has 1 fully saturated rings. The molecular formula is C22H25NO. The molecule has 2 aromatic carbocycles. The molecular weight excluding hydrogens is 294 g/mol. The minimum absolute atomic E-state index is 0.103. The third-order valence-corrected chi connectivity index (χ3v) is 5.34. The van der Waals surface area contributed by atoms with Crippen molar-refractivity contribution in [1.29, 1.82) is 0 Å². The Bertz CT molecular complexity index is 705. The van der Waals surface area contributed by atoms with Crippen LogP contribution in [-0.2, 0) is 16.6 Å². The summed E-state index contributed by atoms with van der Waals surface area (Å²) in [5.74, 6) is 0.226. The summed E-state index contributed by atoms with van der Waals surface area (Å²) in [7, 11) is 0. The minimum Gasteiger partial charge on any atom is -0.356 e. The average Bonchev–Trinajstić information content (AvgIpc) is 2.82. The van der Waals surface area contributed by atoms with Gasteiger partial charge >= 0.3 is 0 Å². The van der Waals surface area contributed by atoms with Crippen molar-refractivity contribution in [3.63, 3.8) is 0 Å². The molecule has 24 heavy (non-hydrogen) atoms. The van der Waals surface area contributed by atoms with E-state index in [1.54, 1.807) is 0 Å². The molecule has 2 heteroatoms. The lowest BCUT2D eigenvalue weighted by molar-refractivity contribution is -0.121. The molecule has 1 saturated heterocycles. The van der Waals surface area contributed by atoms with Crippen LogP contribution in [-0.4, -0.2) is 12.5 Å². The molecule has 0 saturated carbocycles. The van der Waals surface area contributed by atoms with Gasteiger partial charge in [-0.2, -0.15) is 0 Å². The highest BCUT2D eigenvalue weighted by atomic mass is 16.1. The van der Waals surface area contributed by atoms with Crippen LogP contribution in [0, 0.1) is 0 Å². The van der Waals surface area contributed by atoms with Gasteiger partial charge in [0.25, 0.3) is 0 Å². The first kappa shape index (κ1) is 16.5. The van der Waals surface area contributed by atoms with Crippen LogP contribution in [0.2, 0.25) is 0 Å². The molecule has 0 radical (unpaired) electrons. The summed E-state index contributed by atoms with van der Waals surface area (Å²) < 4.78 is 0. The predicted octanol–water partition coefficient (Wildman–Crippen LogP) is 4.37. The molecule has 2 aromatic rings. The Morgan fingerprint density at radius 1 is 1.17 bits per heavy atom. The van der Waals surface area contributed by atoms with E-state index >= 15 is 0 Å². The van der Waals surface area contributed by atoms with Crippen molar-refractivity contribution in [3.8, 4) is 0 Å². The van der Waals surface area contributed by atoms with Crippen molar-refractivity contribution in [2.24, 2.45) is 0 Å². The van der Waals surface area contributed by atoms with Crippen molar-refractivity contribution in [2.75, 3.05) is 6.54 Å². The number of hydrogen-bond acceptors (Lipinski definition) is 1. The van der Waals surface area contributed by atoms with Crippen molar-refractivity contribution in [1.82, 2.24) is 5.32 Å². The largest absolute Gasteiger partial charge is 0.356 e. The lowest BCUT2D eigenvalue weighted by Gasteiger charge is -2.37. The second-order valence-corrected chi connectivity index (χ2v) is 6.56. The summed E-state index contributed by atoms with van der Waals surface area (Å²) >= 11 is 0. The van der Waals surface area contributed by atoms with Crippen LogP contribution in [0.15, 0.2) is 67.3 Å². The molecule has 2 atom stereocenters. The second-order valence-electron chi connectivity index (χ2n) is 6.56. The van der Waals surface area contributed by atoms with E-state index in [0.717, 1.165) is 12.8 Å². The van der Waals surface area contributed by atoms with Crippen LogP contribution in [0.25, 0.3) is 0 Å². The van der Waals surface area contributed by atoms with E-state index < -0.39 is 0 Å². The third kappa shape index (κ3) is 3.01. The fourth-order valence-corrected chi connectivity index (χ4v) is 3.88. The van der Waals surface area contributed by atoms with Crippen LogP contribution in [0.1, 0.15) is 42.4 Å². The normalized spacial score (nSPS) is 24.0. The van der Waals surface area contributed by atoms with E-state index in [1.807, 2.05) is 18.2 Å². The number of amides is 1.